The van der Waals surface area contributed by atoms with Crippen LogP contribution < -0.4 is 36.9 Å². The first-order valence-corrected chi connectivity index (χ1v) is 54.5. The Morgan fingerprint density at radius 3 is 1.22 bits per heavy atom. The van der Waals surface area contributed by atoms with E-state index in [4.69, 9.17) is 57.1 Å². The van der Waals surface area contributed by atoms with Gasteiger partial charge in [0.05, 0.1) is 107 Å². The molecule has 0 bridgehead atoms. The van der Waals surface area contributed by atoms with Crippen molar-refractivity contribution >= 4 is 147 Å². The fourth-order valence-electron chi connectivity index (χ4n) is 16.7. The number of likely N-dealkylation sites (tertiary alicyclic amines) is 3. The van der Waals surface area contributed by atoms with Gasteiger partial charge in [-0.1, -0.05) is 75.7 Å². The number of imidazole rings is 3. The Morgan fingerprint density at radius 1 is 0.510 bits per heavy atom. The smallest absolute Gasteiger partial charge is 0.410 e. The number of nitrogens with zero attached hydrogens (tertiary/aromatic N) is 20. The average molecular weight is 2260 g/mol. The zero-order chi connectivity index (χ0) is 107. The van der Waals surface area contributed by atoms with Crippen LogP contribution in [0.3, 0.4) is 0 Å². The monoisotopic (exact) mass is 2260 g/mol. The largest absolute Gasteiger partial charge is 0.497 e. The van der Waals surface area contributed by atoms with Crippen LogP contribution >= 0.6 is 59.4 Å². The number of aromatic nitrogens is 14. The van der Waals surface area contributed by atoms with E-state index in [1.807, 2.05) is 126 Å². The number of carbonyl (C=O) groups is 5. The third-order valence-electron chi connectivity index (χ3n) is 24.4. The van der Waals surface area contributed by atoms with E-state index in [0.29, 0.717) is 137 Å². The number of anilines is 3. The van der Waals surface area contributed by atoms with Gasteiger partial charge in [-0.15, -0.1) is 5.54 Å². The van der Waals surface area contributed by atoms with Gasteiger partial charge in [-0.3, -0.25) is 14.3 Å². The third-order valence-corrected chi connectivity index (χ3v) is 27.3. The lowest BCUT2D eigenvalue weighted by Gasteiger charge is -2.24. The Morgan fingerprint density at radius 2 is 0.872 bits per heavy atom. The van der Waals surface area contributed by atoms with Gasteiger partial charge in [0.25, 0.3) is 5.91 Å². The van der Waals surface area contributed by atoms with E-state index in [1.165, 1.54) is 25.0 Å². The van der Waals surface area contributed by atoms with Crippen LogP contribution in [0.15, 0.2) is 130 Å². The molecule has 5 aromatic carbocycles. The van der Waals surface area contributed by atoms with Gasteiger partial charge in [0.2, 0.25) is 5.24 Å². The maximum Gasteiger partial charge on any atom is 0.410 e. The molecule has 7 N–H and O–H groups in total. The number of benzene rings is 5. The van der Waals surface area contributed by atoms with E-state index in [9.17, 15) is 43.3 Å². The summed E-state index contributed by atoms with van der Waals surface area (Å²) in [6.45, 7) is 31.6. The highest BCUT2D eigenvalue weighted by Crippen LogP contribution is 2.42. The lowest BCUT2D eigenvalue weighted by molar-refractivity contribution is -0.107. The molecule has 0 radical (unpaired) electrons. The van der Waals surface area contributed by atoms with Gasteiger partial charge in [-0.2, -0.15) is 36.2 Å². The molecular weight excluding hydrogens is 2140 g/mol. The van der Waals surface area contributed by atoms with Crippen molar-refractivity contribution in [2.45, 2.75) is 226 Å². The van der Waals surface area contributed by atoms with Crippen molar-refractivity contribution in [3.8, 4) is 64.9 Å². The predicted octanol–water partition coefficient (Wildman–Crippen LogP) is 20.2. The summed E-state index contributed by atoms with van der Waals surface area (Å²) >= 11 is 14.8. The minimum Gasteiger partial charge on any atom is -0.497 e. The number of nitrogens with one attached hydrogen (secondary N) is 3. The van der Waals surface area contributed by atoms with E-state index < -0.39 is 53.8 Å². The molecule has 43 heteroatoms. The number of halogens is 7. The van der Waals surface area contributed by atoms with Gasteiger partial charge < -0.3 is 79.5 Å². The lowest BCUT2D eigenvalue weighted by atomic mass is 10.1. The van der Waals surface area contributed by atoms with Crippen molar-refractivity contribution in [2.75, 3.05) is 82.9 Å². The standard InChI is InChI=1S/C33H34FN7O3.C21H26BrN5O3.C20H20FN7O.C15H17FN2Si.C13H16Br2N4O2.C3H3ClO.CH4/c1-33(2,3)44-32(42)39-14-13-24(19-39)41-31(36-18-21-5-10-25(43-4)11-6-21)26(17-35)28(38-41)12-7-22-15-29-30(16-27(22)34)40(20-37-29)23-8-9-23;1-21(2,3)30-20(28)26-10-9-15(13-26)27-19(17(11-23)18(22)25-27)24-12-14-5-7-16(29-4)8-6-14;21-14-8-17-16(25-10-27(17)12-2-3-12)7-11(14)1-4-15-18(20(23)29)19(22)28(26-15)13-5-6-24-9-13;1-19(2,3)7-6-11-8-14-15(9-13(11)16)18(10-17-14)12-4-5-12;1-13(2,3)21-12(20)18-5-4-8(7-18)19-11(15)9(6-16)10(14)17-19;1-2-3(4)5;/h5-6,10-11,15-16,20,23-24,36H,8-9,13-14,18-19H2,1-4H3;5-8,15,24H,9-10,12-13H2,1-4H3;7-8,10,12-13,24H,2-3,5-6,9,22H2,(H2,23,29);8-10,12H,4-5H2,1-3H3;8H,4-5,7H2,1-3H3;2H,1H2;1H4/t24-;15-;13-;;8-;;/m000.0../s1. The Kier molecular flexibility index (Phi) is 36.1. The number of amides is 4. The molecule has 0 spiro atoms. The molecule has 3 aliphatic carbocycles. The number of hydrogen-bond acceptors (Lipinski definition) is 24. The highest BCUT2D eigenvalue weighted by atomic mass is 79.9. The molecule has 19 rings (SSSR count). The maximum absolute atomic E-state index is 15.2. The topological polar surface area (TPSA) is 425 Å². The van der Waals surface area contributed by atoms with Gasteiger partial charge >= 0.3 is 18.3 Å². The van der Waals surface area contributed by atoms with Gasteiger partial charge in [0.1, 0.15) is 126 Å². The van der Waals surface area contributed by atoms with E-state index in [1.54, 1.807) is 84.6 Å². The SMILES string of the molecule is C.C=CC(=O)Cl.CC(C)(C)OC(=O)N1CC[C@H](n2nc(Br)c(C#N)c2Br)C1.COc1ccc(CNc2c(C#N)c(Br)nn2[C@H]2CCN(C(=O)OC(C)(C)C)C2)cc1.COc1ccc(CNc2c(C#N)c(C#Cc3cc4ncn(C5CC5)c4cc3F)nn2[C@H]2CCN(C(=O)OC(C)(C)C)C2)cc1.C[Si](C)(C)C#Cc1cc2ncn(C3CC3)c2cc1F.NC(=O)c1c(C#Cc2cc3ncn(C4CC4)c3cc2F)nn([C@H]2CCNC2)c1N. The molecule has 4 amide bonds. The van der Waals surface area contributed by atoms with Crippen LogP contribution in [0.1, 0.15) is 242 Å². The molecule has 149 heavy (non-hydrogen) atoms. The average Bonchev–Trinajstić information content (AvgIpc) is 1.65. The molecule has 12 aromatic rings. The van der Waals surface area contributed by atoms with Crippen molar-refractivity contribution in [1.29, 1.82) is 15.8 Å². The predicted molar refractivity (Wildman–Crippen MR) is 574 cm³/mol. The fraction of sp³-hybridized carbons (Fsp3) is 0.425. The van der Waals surface area contributed by atoms with Crippen molar-refractivity contribution in [1.82, 2.24) is 87.8 Å². The van der Waals surface area contributed by atoms with Crippen molar-refractivity contribution < 1.29 is 60.8 Å². The summed E-state index contributed by atoms with van der Waals surface area (Å²) in [5.74, 6) is 15.4. The Balaban J connectivity index is 0.000000158. The summed E-state index contributed by atoms with van der Waals surface area (Å²) in [5, 5.41) is 56.3. The van der Waals surface area contributed by atoms with Crippen molar-refractivity contribution in [2.24, 2.45) is 5.73 Å². The first kappa shape index (κ1) is 112. The van der Waals surface area contributed by atoms with E-state index >= 15 is 4.39 Å². The minimum atomic E-state index is -1.49. The van der Waals surface area contributed by atoms with Crippen molar-refractivity contribution in [3.63, 3.8) is 0 Å². The number of primary amides is 1. The van der Waals surface area contributed by atoms with Crippen LogP contribution in [0.4, 0.5) is 45.0 Å². The van der Waals surface area contributed by atoms with Crippen LogP contribution in [0, 0.1) is 86.6 Å². The highest BCUT2D eigenvalue weighted by molar-refractivity contribution is 9.11. The quantitative estimate of drug-likeness (QED) is 0.0186. The van der Waals surface area contributed by atoms with Gasteiger partial charge in [0.15, 0.2) is 11.4 Å². The number of nitriles is 3. The molecule has 35 nitrogen and oxygen atoms in total. The minimum absolute atomic E-state index is 0. The van der Waals surface area contributed by atoms with Crippen LogP contribution in [0.25, 0.3) is 33.1 Å². The highest BCUT2D eigenvalue weighted by Gasteiger charge is 2.39. The number of nitrogen functional groups attached to an aromatic ring is 1. The van der Waals surface area contributed by atoms with Crippen LogP contribution in [-0.2, 0) is 32.1 Å². The van der Waals surface area contributed by atoms with Crippen LogP contribution in [-0.4, -0.2) is 203 Å². The number of ether oxygens (including phenoxy) is 5. The number of nitrogens with two attached hydrogens (primary N) is 2. The summed E-state index contributed by atoms with van der Waals surface area (Å²) in [5.41, 5.74) is 22.2. The van der Waals surface area contributed by atoms with Crippen molar-refractivity contribution in [3.05, 3.63) is 209 Å². The second-order valence-corrected chi connectivity index (χ2v) is 47.8. The Labute approximate surface area is 894 Å². The zero-order valence-electron chi connectivity index (χ0n) is 84.6. The van der Waals surface area contributed by atoms with E-state index in [2.05, 4.69) is 178 Å². The van der Waals surface area contributed by atoms with E-state index in [-0.39, 0.29) is 89.1 Å². The molecule has 3 saturated carbocycles. The van der Waals surface area contributed by atoms with Gasteiger partial charge in [-0.05, 0) is 264 Å². The normalized spacial score (nSPS) is 16.6. The summed E-state index contributed by atoms with van der Waals surface area (Å²) in [4.78, 5) is 76.8. The molecule has 4 saturated heterocycles. The Hall–Kier alpha value is -14.1. The first-order chi connectivity index (χ1) is 70.3. The summed E-state index contributed by atoms with van der Waals surface area (Å²) in [6, 6.07) is 32.5. The van der Waals surface area contributed by atoms with Crippen LogP contribution in [0.5, 0.6) is 11.5 Å². The first-order valence-electron chi connectivity index (χ1n) is 48.3. The number of carbonyl (C=O) groups excluding carboxylic acids is 5. The lowest BCUT2D eigenvalue weighted by Crippen LogP contribution is -2.35. The van der Waals surface area contributed by atoms with E-state index in [0.717, 1.165) is 102 Å². The molecule has 11 heterocycles. The molecule has 0 unspecified atom stereocenters. The maximum atomic E-state index is 15.2. The molecular formula is C106H120Br3ClF3N25O10Si. The number of methoxy groups -OCH3 is 2. The summed E-state index contributed by atoms with van der Waals surface area (Å²) in [6.07, 6.45) is 14.9. The molecule has 7 fully saturated rings. The molecule has 7 aliphatic rings. The Bertz CT molecular complexity index is 7340. The molecule has 7 aromatic heterocycles. The summed E-state index contributed by atoms with van der Waals surface area (Å²) < 4.78 is 85.4. The number of allylic oxidation sites excluding steroid dienone is 1. The van der Waals surface area contributed by atoms with Gasteiger partial charge in [-0.25, -0.2) is 56.6 Å². The molecule has 4 aliphatic heterocycles. The second kappa shape index (κ2) is 48.0. The van der Waals surface area contributed by atoms with Gasteiger partial charge in [0, 0.05) is 95.2 Å². The molecule has 782 valence electrons. The fourth-order valence-corrected chi connectivity index (χ4v) is 19.0. The molecule has 4 atom stereocenters. The number of hydrogen-bond donors (Lipinski definition) is 5. The second-order valence-electron chi connectivity index (χ2n) is 40.4. The number of rotatable bonds is 17. The van der Waals surface area contributed by atoms with Crippen LogP contribution in [0.2, 0.25) is 19.6 Å². The number of fused-ring (bicyclic) bond motifs is 3. The third kappa shape index (κ3) is 28.7. The zero-order valence-corrected chi connectivity index (χ0v) is 91.1. The summed E-state index contributed by atoms with van der Waals surface area (Å²) in [7, 11) is 1.75.